The summed E-state index contributed by atoms with van der Waals surface area (Å²) in [6.45, 7) is 4.59. The van der Waals surface area contributed by atoms with Gasteiger partial charge in [0.1, 0.15) is 6.54 Å². The Hall–Kier alpha value is -3.19. The summed E-state index contributed by atoms with van der Waals surface area (Å²) < 4.78 is 2.76. The number of benzene rings is 2. The van der Waals surface area contributed by atoms with Gasteiger partial charge in [0.05, 0.1) is 6.04 Å². The molecule has 6 nitrogen and oxygen atoms in total. The van der Waals surface area contributed by atoms with Crippen molar-refractivity contribution in [3.8, 4) is 0 Å². The molecular weight excluding hydrogens is 518 g/mol. The standard InChI is InChI=1S/C29H30BrN3O3/c1-2-29(36)33-15-22(16-33)31-28(35)18-32-17-25(24-14-21(30)11-12-26(24)32)27(34)13-20-9-6-10-23(20)19-7-4-3-5-8-19/h2-5,7-8,11-12,14,17,20,22-23H,1,6,9-10,13,15-16,18H2,(H,31,35)/t20-,23-/m0/s1. The van der Waals surface area contributed by atoms with Gasteiger partial charge in [0.25, 0.3) is 0 Å². The highest BCUT2D eigenvalue weighted by Gasteiger charge is 2.32. The van der Waals surface area contributed by atoms with Crippen LogP contribution in [0.1, 0.15) is 47.5 Å². The molecule has 0 bridgehead atoms. The zero-order valence-corrected chi connectivity index (χ0v) is 21.7. The number of hydrogen-bond donors (Lipinski definition) is 1. The minimum atomic E-state index is -0.135. The molecule has 1 saturated heterocycles. The zero-order valence-electron chi connectivity index (χ0n) is 20.2. The quantitative estimate of drug-likeness (QED) is 0.316. The number of Topliss-reactive ketones (excluding diaryl/α,β-unsaturated/α-hetero) is 1. The van der Waals surface area contributed by atoms with Crippen LogP contribution in [0.4, 0.5) is 0 Å². The molecule has 3 aromatic rings. The summed E-state index contributed by atoms with van der Waals surface area (Å²) >= 11 is 3.54. The lowest BCUT2D eigenvalue weighted by Crippen LogP contribution is -2.61. The van der Waals surface area contributed by atoms with Crippen LogP contribution < -0.4 is 5.32 Å². The van der Waals surface area contributed by atoms with Crippen LogP contribution in [-0.4, -0.2) is 46.2 Å². The first-order valence-electron chi connectivity index (χ1n) is 12.5. The molecule has 0 radical (unpaired) electrons. The lowest BCUT2D eigenvalue weighted by Gasteiger charge is -2.38. The van der Waals surface area contributed by atoms with Crippen molar-refractivity contribution in [2.45, 2.75) is 44.2 Å². The average Bonchev–Trinajstić information content (AvgIpc) is 3.45. The van der Waals surface area contributed by atoms with Crippen LogP contribution >= 0.6 is 15.9 Å². The molecule has 2 aromatic carbocycles. The maximum Gasteiger partial charge on any atom is 0.246 e. The Morgan fingerprint density at radius 2 is 1.86 bits per heavy atom. The van der Waals surface area contributed by atoms with Gasteiger partial charge in [-0.15, -0.1) is 0 Å². The van der Waals surface area contributed by atoms with Gasteiger partial charge in [0, 0.05) is 46.6 Å². The van der Waals surface area contributed by atoms with Gasteiger partial charge in [-0.25, -0.2) is 0 Å². The number of likely N-dealkylation sites (tertiary alicyclic amines) is 1. The van der Waals surface area contributed by atoms with Crippen molar-refractivity contribution in [2.75, 3.05) is 13.1 Å². The van der Waals surface area contributed by atoms with E-state index in [1.54, 1.807) is 4.90 Å². The third-order valence-corrected chi connectivity index (χ3v) is 8.02. The van der Waals surface area contributed by atoms with Gasteiger partial charge >= 0.3 is 0 Å². The molecule has 7 heteroatoms. The van der Waals surface area contributed by atoms with E-state index < -0.39 is 0 Å². The van der Waals surface area contributed by atoms with Crippen molar-refractivity contribution in [1.29, 1.82) is 0 Å². The maximum absolute atomic E-state index is 13.6. The number of rotatable bonds is 8. The lowest BCUT2D eigenvalue weighted by atomic mass is 9.84. The molecule has 186 valence electrons. The number of ketones is 1. The second-order valence-electron chi connectivity index (χ2n) is 9.88. The normalized spacial score (nSPS) is 19.8. The van der Waals surface area contributed by atoms with Crippen molar-refractivity contribution >= 4 is 44.4 Å². The van der Waals surface area contributed by atoms with E-state index in [4.69, 9.17) is 0 Å². The van der Waals surface area contributed by atoms with Crippen molar-refractivity contribution in [3.63, 3.8) is 0 Å². The van der Waals surface area contributed by atoms with Crippen LogP contribution in [0, 0.1) is 5.92 Å². The van der Waals surface area contributed by atoms with Gasteiger partial charge in [-0.3, -0.25) is 14.4 Å². The first-order chi connectivity index (χ1) is 17.4. The topological polar surface area (TPSA) is 71.4 Å². The highest BCUT2D eigenvalue weighted by Crippen LogP contribution is 2.42. The number of nitrogens with one attached hydrogen (secondary N) is 1. The highest BCUT2D eigenvalue weighted by atomic mass is 79.9. The van der Waals surface area contributed by atoms with Gasteiger partial charge in [-0.1, -0.05) is 59.3 Å². The molecule has 1 N–H and O–H groups in total. The number of amides is 2. The van der Waals surface area contributed by atoms with Crippen LogP contribution in [0.5, 0.6) is 0 Å². The molecule has 2 aliphatic rings. The minimum Gasteiger partial charge on any atom is -0.348 e. The van der Waals surface area contributed by atoms with E-state index in [0.29, 0.717) is 36.9 Å². The number of carbonyl (C=O) groups excluding carboxylic acids is 3. The molecule has 36 heavy (non-hydrogen) atoms. The molecular formula is C29H30BrN3O3. The molecule has 0 spiro atoms. The largest absolute Gasteiger partial charge is 0.348 e. The Morgan fingerprint density at radius 3 is 2.61 bits per heavy atom. The predicted molar refractivity (Wildman–Crippen MR) is 144 cm³/mol. The van der Waals surface area contributed by atoms with E-state index in [9.17, 15) is 14.4 Å². The fourth-order valence-corrected chi connectivity index (χ4v) is 6.06. The fraction of sp³-hybridized carbons (Fsp3) is 0.345. The summed E-state index contributed by atoms with van der Waals surface area (Å²) in [5, 5.41) is 3.85. The Labute approximate surface area is 219 Å². The summed E-state index contributed by atoms with van der Waals surface area (Å²) in [5.41, 5.74) is 2.85. The number of hydrogen-bond acceptors (Lipinski definition) is 3. The molecule has 1 aliphatic carbocycles. The van der Waals surface area contributed by atoms with Crippen molar-refractivity contribution in [2.24, 2.45) is 5.92 Å². The molecule has 1 aromatic heterocycles. The Kier molecular flexibility index (Phi) is 7.10. The van der Waals surface area contributed by atoms with Gasteiger partial charge < -0.3 is 14.8 Å². The van der Waals surface area contributed by atoms with E-state index in [0.717, 1.165) is 34.6 Å². The molecule has 0 unspecified atom stereocenters. The van der Waals surface area contributed by atoms with Crippen LogP contribution in [0.25, 0.3) is 10.9 Å². The summed E-state index contributed by atoms with van der Waals surface area (Å²) in [4.78, 5) is 39.6. The maximum atomic E-state index is 13.6. The summed E-state index contributed by atoms with van der Waals surface area (Å²) in [5.74, 6) is 0.610. The van der Waals surface area contributed by atoms with Crippen LogP contribution in [0.15, 0.2) is 71.9 Å². The van der Waals surface area contributed by atoms with Crippen LogP contribution in [0.3, 0.4) is 0 Å². The molecule has 2 amide bonds. The third-order valence-electron chi connectivity index (χ3n) is 7.52. The molecule has 5 rings (SSSR count). The monoisotopic (exact) mass is 547 g/mol. The number of carbonyl (C=O) groups is 3. The highest BCUT2D eigenvalue weighted by molar-refractivity contribution is 9.10. The molecule has 2 heterocycles. The van der Waals surface area contributed by atoms with Gasteiger partial charge in [-0.05, 0) is 54.5 Å². The van der Waals surface area contributed by atoms with Crippen LogP contribution in [0.2, 0.25) is 0 Å². The number of aromatic nitrogens is 1. The fourth-order valence-electron chi connectivity index (χ4n) is 5.70. The van der Waals surface area contributed by atoms with Crippen LogP contribution in [-0.2, 0) is 16.1 Å². The van der Waals surface area contributed by atoms with Gasteiger partial charge in [0.2, 0.25) is 11.8 Å². The van der Waals surface area contributed by atoms with E-state index in [-0.39, 0.29) is 30.2 Å². The van der Waals surface area contributed by atoms with Crippen molar-refractivity contribution in [3.05, 3.63) is 83.0 Å². The molecule has 2 atom stereocenters. The zero-order chi connectivity index (χ0) is 25.2. The predicted octanol–water partition coefficient (Wildman–Crippen LogP) is 5.07. The van der Waals surface area contributed by atoms with E-state index in [1.807, 2.05) is 35.0 Å². The van der Waals surface area contributed by atoms with E-state index in [1.165, 1.54) is 11.6 Å². The molecule has 2 fully saturated rings. The lowest BCUT2D eigenvalue weighted by molar-refractivity contribution is -0.133. The number of halogens is 1. The number of nitrogens with zero attached hydrogens (tertiary/aromatic N) is 2. The molecule has 1 saturated carbocycles. The Morgan fingerprint density at radius 1 is 1.08 bits per heavy atom. The van der Waals surface area contributed by atoms with Crippen molar-refractivity contribution in [1.82, 2.24) is 14.8 Å². The van der Waals surface area contributed by atoms with Gasteiger partial charge in [0.15, 0.2) is 5.78 Å². The van der Waals surface area contributed by atoms with E-state index in [2.05, 4.69) is 52.1 Å². The SMILES string of the molecule is C=CC(=O)N1CC(NC(=O)Cn2cc(C(=O)C[C@@H]3CCC[C@H]3c3ccccc3)c3cc(Br)ccc32)C1. The molecule has 1 aliphatic heterocycles. The summed E-state index contributed by atoms with van der Waals surface area (Å²) in [6.07, 6.45) is 6.94. The first kappa shape index (κ1) is 24.5. The number of fused-ring (bicyclic) bond motifs is 1. The summed E-state index contributed by atoms with van der Waals surface area (Å²) in [7, 11) is 0. The minimum absolute atomic E-state index is 0.0595. The second-order valence-corrected chi connectivity index (χ2v) is 10.8. The second kappa shape index (κ2) is 10.4. The van der Waals surface area contributed by atoms with E-state index >= 15 is 0 Å². The third kappa shape index (κ3) is 5.03. The smallest absolute Gasteiger partial charge is 0.246 e. The van der Waals surface area contributed by atoms with Gasteiger partial charge in [-0.2, -0.15) is 0 Å². The van der Waals surface area contributed by atoms with Crippen molar-refractivity contribution < 1.29 is 14.4 Å². The Bertz CT molecular complexity index is 1310. The Balaban J connectivity index is 1.31. The summed E-state index contributed by atoms with van der Waals surface area (Å²) in [6, 6.07) is 16.3. The average molecular weight is 548 g/mol. The first-order valence-corrected chi connectivity index (χ1v) is 13.3.